The second kappa shape index (κ2) is 6.13. The number of aliphatic hydroxyl groups is 1. The van der Waals surface area contributed by atoms with Crippen molar-refractivity contribution in [2.75, 3.05) is 13.2 Å². The highest BCUT2D eigenvalue weighted by atomic mass is 16.5. The summed E-state index contributed by atoms with van der Waals surface area (Å²) in [6.07, 6.45) is 4.19. The Kier molecular flexibility index (Phi) is 4.83. The smallest absolute Gasteiger partial charge is 0.315 e. The summed E-state index contributed by atoms with van der Waals surface area (Å²) in [5.74, 6) is 0. The van der Waals surface area contributed by atoms with Crippen molar-refractivity contribution in [1.29, 1.82) is 0 Å². The Morgan fingerprint density at radius 1 is 1.43 bits per heavy atom. The number of hydrogen-bond donors (Lipinski definition) is 3. The Bertz CT molecular complexity index is 374. The molecule has 2 rings (SSSR count). The van der Waals surface area contributed by atoms with Gasteiger partial charge in [-0.05, 0) is 31.6 Å². The lowest BCUT2D eigenvalue weighted by Crippen LogP contribution is -2.68. The number of carbonyl (C=O) groups is 1. The summed E-state index contributed by atoms with van der Waals surface area (Å²) in [6, 6.07) is 0.0408. The van der Waals surface area contributed by atoms with E-state index in [-0.39, 0.29) is 29.4 Å². The van der Waals surface area contributed by atoms with Crippen molar-refractivity contribution >= 4 is 6.03 Å². The van der Waals surface area contributed by atoms with E-state index < -0.39 is 6.10 Å². The number of nitrogens with one attached hydrogen (secondary N) is 2. The van der Waals surface area contributed by atoms with Gasteiger partial charge in [0, 0.05) is 24.6 Å². The van der Waals surface area contributed by atoms with Gasteiger partial charge in [-0.15, -0.1) is 0 Å². The molecule has 0 radical (unpaired) electrons. The molecule has 2 amide bonds. The fourth-order valence-electron chi connectivity index (χ4n) is 3.35. The SMILES string of the molecule is CCOC1CC(NC(=O)NCC(O)C(C)(C)C)C12CCC2. The lowest BCUT2D eigenvalue weighted by Gasteiger charge is -2.60. The first-order chi connectivity index (χ1) is 9.79. The summed E-state index contributed by atoms with van der Waals surface area (Å²) in [5.41, 5.74) is -0.0466. The van der Waals surface area contributed by atoms with Crippen molar-refractivity contribution in [3.8, 4) is 0 Å². The van der Waals surface area contributed by atoms with Gasteiger partial charge in [-0.3, -0.25) is 0 Å². The minimum atomic E-state index is -0.543. The van der Waals surface area contributed by atoms with Crippen LogP contribution in [0.5, 0.6) is 0 Å². The molecule has 0 aromatic heterocycles. The van der Waals surface area contributed by atoms with Gasteiger partial charge in [-0.25, -0.2) is 4.79 Å². The van der Waals surface area contributed by atoms with E-state index in [4.69, 9.17) is 4.74 Å². The van der Waals surface area contributed by atoms with Gasteiger partial charge in [0.05, 0.1) is 12.2 Å². The Balaban J connectivity index is 1.76. The van der Waals surface area contributed by atoms with E-state index in [1.165, 1.54) is 6.42 Å². The Morgan fingerprint density at radius 2 is 2.10 bits per heavy atom. The molecule has 5 nitrogen and oxygen atoms in total. The molecule has 3 unspecified atom stereocenters. The molecular formula is C16H30N2O3. The summed E-state index contributed by atoms with van der Waals surface area (Å²) in [5, 5.41) is 15.8. The van der Waals surface area contributed by atoms with Crippen molar-refractivity contribution in [2.24, 2.45) is 10.8 Å². The number of hydrogen-bond acceptors (Lipinski definition) is 3. The zero-order chi connectivity index (χ0) is 15.7. The zero-order valence-corrected chi connectivity index (χ0v) is 13.7. The molecule has 0 saturated heterocycles. The van der Waals surface area contributed by atoms with Gasteiger partial charge in [-0.1, -0.05) is 27.2 Å². The molecule has 3 atom stereocenters. The van der Waals surface area contributed by atoms with Gasteiger partial charge < -0.3 is 20.5 Å². The van der Waals surface area contributed by atoms with E-state index in [1.807, 2.05) is 27.7 Å². The van der Waals surface area contributed by atoms with Gasteiger partial charge in [-0.2, -0.15) is 0 Å². The second-order valence-electron chi connectivity index (χ2n) is 7.56. The van der Waals surface area contributed by atoms with Crippen molar-refractivity contribution < 1.29 is 14.6 Å². The quantitative estimate of drug-likeness (QED) is 0.727. The molecule has 2 aliphatic carbocycles. The van der Waals surface area contributed by atoms with Crippen LogP contribution in [-0.4, -0.2) is 42.5 Å². The number of carbonyl (C=O) groups excluding carboxylic acids is 1. The number of amides is 2. The van der Waals surface area contributed by atoms with Gasteiger partial charge in [0.15, 0.2) is 0 Å². The normalized spacial score (nSPS) is 28.4. The van der Waals surface area contributed by atoms with Gasteiger partial charge in [0.25, 0.3) is 0 Å². The van der Waals surface area contributed by atoms with Crippen molar-refractivity contribution in [2.45, 2.75) is 71.6 Å². The molecule has 2 fully saturated rings. The molecule has 21 heavy (non-hydrogen) atoms. The third-order valence-electron chi connectivity index (χ3n) is 5.20. The van der Waals surface area contributed by atoms with E-state index >= 15 is 0 Å². The maximum absolute atomic E-state index is 12.0. The Morgan fingerprint density at radius 3 is 2.57 bits per heavy atom. The van der Waals surface area contributed by atoms with Crippen LogP contribution in [0.4, 0.5) is 4.79 Å². The van der Waals surface area contributed by atoms with E-state index in [9.17, 15) is 9.90 Å². The van der Waals surface area contributed by atoms with E-state index in [0.29, 0.717) is 6.10 Å². The maximum atomic E-state index is 12.0. The third-order valence-corrected chi connectivity index (χ3v) is 5.20. The Labute approximate surface area is 127 Å². The highest BCUT2D eigenvalue weighted by Crippen LogP contribution is 2.57. The molecule has 5 heteroatoms. The van der Waals surface area contributed by atoms with E-state index in [2.05, 4.69) is 10.6 Å². The fraction of sp³-hybridized carbons (Fsp3) is 0.938. The molecule has 122 valence electrons. The number of ether oxygens (including phenoxy) is 1. The van der Waals surface area contributed by atoms with Crippen LogP contribution >= 0.6 is 0 Å². The maximum Gasteiger partial charge on any atom is 0.315 e. The molecule has 0 aromatic carbocycles. The Hall–Kier alpha value is -0.810. The first kappa shape index (κ1) is 16.6. The average Bonchev–Trinajstić information content (AvgIpc) is 2.31. The predicted octanol–water partition coefficient (Wildman–Crippen LogP) is 2.04. The lowest BCUT2D eigenvalue weighted by molar-refractivity contribution is -0.169. The van der Waals surface area contributed by atoms with Crippen LogP contribution in [0.3, 0.4) is 0 Å². The van der Waals surface area contributed by atoms with Gasteiger partial charge in [0.2, 0.25) is 0 Å². The topological polar surface area (TPSA) is 70.6 Å². The van der Waals surface area contributed by atoms with Crippen LogP contribution in [0.15, 0.2) is 0 Å². The molecular weight excluding hydrogens is 268 g/mol. The summed E-state index contributed by atoms with van der Waals surface area (Å²) in [4.78, 5) is 12.0. The monoisotopic (exact) mass is 298 g/mol. The van der Waals surface area contributed by atoms with Crippen LogP contribution in [0.1, 0.15) is 53.4 Å². The van der Waals surface area contributed by atoms with Crippen molar-refractivity contribution in [3.05, 3.63) is 0 Å². The molecule has 3 N–H and O–H groups in total. The molecule has 0 aliphatic heterocycles. The lowest BCUT2D eigenvalue weighted by atomic mass is 9.51. The zero-order valence-electron chi connectivity index (χ0n) is 13.7. The molecule has 1 spiro atoms. The molecule has 0 aromatic rings. The molecule has 2 aliphatic rings. The minimum absolute atomic E-state index is 0.176. The van der Waals surface area contributed by atoms with Crippen LogP contribution in [0.25, 0.3) is 0 Å². The van der Waals surface area contributed by atoms with Gasteiger partial charge in [0.1, 0.15) is 0 Å². The average molecular weight is 298 g/mol. The van der Waals surface area contributed by atoms with Gasteiger partial charge >= 0.3 is 6.03 Å². The number of rotatable bonds is 5. The summed E-state index contributed by atoms with van der Waals surface area (Å²) in [7, 11) is 0. The standard InChI is InChI=1S/C16H30N2O3/c1-5-21-13-9-11(16(13)7-6-8-16)18-14(20)17-10-12(19)15(2,3)4/h11-13,19H,5-10H2,1-4H3,(H2,17,18,20). The molecule has 0 bridgehead atoms. The molecule has 0 heterocycles. The number of urea groups is 1. The van der Waals surface area contributed by atoms with Crippen LogP contribution in [0, 0.1) is 10.8 Å². The van der Waals surface area contributed by atoms with Crippen molar-refractivity contribution in [3.63, 3.8) is 0 Å². The van der Waals surface area contributed by atoms with Crippen molar-refractivity contribution in [1.82, 2.24) is 10.6 Å². The fourth-order valence-corrected chi connectivity index (χ4v) is 3.35. The highest BCUT2D eigenvalue weighted by molar-refractivity contribution is 5.74. The van der Waals surface area contributed by atoms with Crippen LogP contribution in [0.2, 0.25) is 0 Å². The minimum Gasteiger partial charge on any atom is -0.391 e. The number of aliphatic hydroxyl groups excluding tert-OH is 1. The largest absolute Gasteiger partial charge is 0.391 e. The van der Waals surface area contributed by atoms with Crippen LogP contribution < -0.4 is 10.6 Å². The highest BCUT2D eigenvalue weighted by Gasteiger charge is 2.59. The first-order valence-electron chi connectivity index (χ1n) is 8.13. The third kappa shape index (κ3) is 3.34. The summed E-state index contributed by atoms with van der Waals surface area (Å²) in [6.45, 7) is 8.92. The summed E-state index contributed by atoms with van der Waals surface area (Å²) >= 11 is 0. The van der Waals surface area contributed by atoms with E-state index in [1.54, 1.807) is 0 Å². The molecule has 2 saturated carbocycles. The predicted molar refractivity (Wildman–Crippen MR) is 82.1 cm³/mol. The summed E-state index contributed by atoms with van der Waals surface area (Å²) < 4.78 is 5.78. The van der Waals surface area contributed by atoms with Crippen LogP contribution in [-0.2, 0) is 4.74 Å². The second-order valence-corrected chi connectivity index (χ2v) is 7.56. The first-order valence-corrected chi connectivity index (χ1v) is 8.13. The van der Waals surface area contributed by atoms with E-state index in [0.717, 1.165) is 25.9 Å².